The third kappa shape index (κ3) is 14.2. The Morgan fingerprint density at radius 3 is 1.88 bits per heavy atom. The van der Waals surface area contributed by atoms with Crippen LogP contribution in [0.1, 0.15) is 162 Å². The number of carbonyl (C=O) groups is 4. The van der Waals surface area contributed by atoms with E-state index in [0.29, 0.717) is 53.2 Å². The number of fused-ring (bicyclic) bond motifs is 12. The van der Waals surface area contributed by atoms with Crippen LogP contribution in [0.15, 0.2) is 168 Å². The van der Waals surface area contributed by atoms with Crippen LogP contribution < -0.4 is 28.6 Å². The van der Waals surface area contributed by atoms with Crippen LogP contribution >= 0.6 is 47.0 Å². The number of anilines is 1. The molecular weight excluding hydrogens is 1330 g/mol. The predicted molar refractivity (Wildman–Crippen MR) is 400 cm³/mol. The van der Waals surface area contributed by atoms with Gasteiger partial charge in [0.2, 0.25) is 13.6 Å². The zero-order valence-corrected chi connectivity index (χ0v) is 60.8. The average Bonchev–Trinajstić information content (AvgIpc) is 1.51. The van der Waals surface area contributed by atoms with Gasteiger partial charge in [0.05, 0.1) is 31.5 Å². The first-order valence-corrected chi connectivity index (χ1v) is 40.1. The summed E-state index contributed by atoms with van der Waals surface area (Å²) < 4.78 is 32.8. The van der Waals surface area contributed by atoms with Gasteiger partial charge in [0.25, 0.3) is 5.91 Å². The van der Waals surface area contributed by atoms with E-state index in [9.17, 15) is 19.2 Å². The van der Waals surface area contributed by atoms with Crippen LogP contribution in [0.5, 0.6) is 28.7 Å². The monoisotopic (exact) mass is 1420 g/mol. The normalized spacial score (nSPS) is 23.4. The van der Waals surface area contributed by atoms with Gasteiger partial charge in [-0.25, -0.2) is 9.78 Å². The van der Waals surface area contributed by atoms with Gasteiger partial charge in [0.15, 0.2) is 34.6 Å². The van der Waals surface area contributed by atoms with E-state index >= 15 is 0 Å². The van der Waals surface area contributed by atoms with Crippen molar-refractivity contribution in [2.45, 2.75) is 162 Å². The number of hydrogen-bond donors (Lipinski definition) is 0. The van der Waals surface area contributed by atoms with Gasteiger partial charge in [-0.2, -0.15) is 0 Å². The standard InChI is InChI=1S/C22H24O4.C21H22N2O3.C21H25NOS2.C18H19NO2S2/c23-19(14-24-18-11-12-20-21(13-18)26-15-25-20)22(16-7-3-1-4-8-16)17-9-5-2-6-10-17;24-21(12-10-16-9-11-18-19(14-16)26-15-25-18)23(17-6-2-1-3-7-17)20-8-4-5-13-22-20;1-20(2)11-17-19(18(23)13-20)21(24-9-10-25-21)12-16-15-6-4-3-5-14(15)7-8-22(16)17;1-11-16-15(17(20)21-11)18(22-8-9-23-18)10-14-13-5-3-2-4-12(13)6-7-19(14)16/h1,3-4,7-8,11-13,17,22H,2,5-6,9-10,14-15H2;4-5,8-14,17H,1-3,6-7,15H2;3-6,16H,7-13H2,1-2H3;2-5,11,14H,6-10H2,1H3/b;12-10+;;. The number of Topliss-reactive ketones (excluding diaryl/α,β-unsaturated/α-hetero) is 2. The lowest BCUT2D eigenvalue weighted by Crippen LogP contribution is -2.49. The van der Waals surface area contributed by atoms with Crippen molar-refractivity contribution in [3.05, 3.63) is 202 Å². The molecule has 1 amide bonds. The van der Waals surface area contributed by atoms with Crippen molar-refractivity contribution in [2.24, 2.45) is 11.3 Å². The fourth-order valence-corrected chi connectivity index (χ4v) is 24.3. The van der Waals surface area contributed by atoms with Crippen molar-refractivity contribution < 1.29 is 47.6 Å². The summed E-state index contributed by atoms with van der Waals surface area (Å²) in [5.41, 5.74) is 12.7. The average molecular weight is 1420 g/mol. The van der Waals surface area contributed by atoms with Crippen LogP contribution in [-0.2, 0) is 36.8 Å². The third-order valence-corrected chi connectivity index (χ3v) is 28.8. The van der Waals surface area contributed by atoms with E-state index in [1.54, 1.807) is 18.3 Å². The molecule has 4 atom stereocenters. The number of amides is 1. The van der Waals surface area contributed by atoms with Crippen molar-refractivity contribution >= 4 is 82.4 Å². The van der Waals surface area contributed by atoms with E-state index in [-0.39, 0.29) is 69.5 Å². The number of esters is 1. The number of nitrogens with zero attached hydrogens (tertiary/aromatic N) is 4. The summed E-state index contributed by atoms with van der Waals surface area (Å²) in [4.78, 5) is 63.2. The SMILES string of the molecule is CC1(C)CC(=O)C2=C(C1)N1CCc3ccccc3C1CC21SCCS1.CC1OC(=O)C2=C1N1CCc3ccccc3C1CC21SCCS1.O=C(/C=C/c1ccc2c(c1)OCO2)N(c1ccccn1)C1CCCCC1.O=C(COc1ccc2c(c1)OCO2)C(c1ccccc1)C1CCCCC1. The molecule has 2 spiro atoms. The van der Waals surface area contributed by atoms with Crippen LogP contribution in [0.3, 0.4) is 0 Å². The summed E-state index contributed by atoms with van der Waals surface area (Å²) in [7, 11) is 0. The number of benzene rings is 5. The molecule has 5 aromatic carbocycles. The summed E-state index contributed by atoms with van der Waals surface area (Å²) in [6.07, 6.45) is 22.7. The topological polar surface area (TPSA) is 146 Å². The second-order valence-electron chi connectivity index (χ2n) is 28.9. The van der Waals surface area contributed by atoms with Gasteiger partial charge in [-0.05, 0) is 139 Å². The number of allylic oxidation sites excluding steroid dienone is 1. The van der Waals surface area contributed by atoms with Gasteiger partial charge in [-0.15, -0.1) is 47.0 Å². The Kier molecular flexibility index (Phi) is 20.5. The number of aromatic nitrogens is 1. The number of hydrogen-bond acceptors (Lipinski definition) is 17. The maximum absolute atomic E-state index is 13.2. The van der Waals surface area contributed by atoms with Crippen LogP contribution in [0.4, 0.5) is 5.82 Å². The number of ketones is 2. The second kappa shape index (κ2) is 30.0. The van der Waals surface area contributed by atoms with Gasteiger partial charge in [-0.1, -0.05) is 143 Å². The summed E-state index contributed by atoms with van der Waals surface area (Å²) in [5, 5.41) is 0. The molecule has 14 nitrogen and oxygen atoms in total. The van der Waals surface area contributed by atoms with Crippen LogP contribution in [0, 0.1) is 11.3 Å². The van der Waals surface area contributed by atoms with Crippen molar-refractivity contribution in [3.8, 4) is 28.7 Å². The van der Waals surface area contributed by atoms with E-state index in [1.165, 1.54) is 76.4 Å². The molecule has 6 aromatic rings. The van der Waals surface area contributed by atoms with E-state index in [1.807, 2.05) is 132 Å². The molecule has 0 N–H and O–H groups in total. The highest BCUT2D eigenvalue weighted by atomic mass is 32.2. The summed E-state index contributed by atoms with van der Waals surface area (Å²) >= 11 is 8.00. The van der Waals surface area contributed by atoms with Gasteiger partial charge in [-0.3, -0.25) is 19.3 Å². The van der Waals surface area contributed by atoms with Crippen LogP contribution in [0.2, 0.25) is 0 Å². The Morgan fingerprint density at radius 2 is 1.22 bits per heavy atom. The largest absolute Gasteiger partial charge is 0.486 e. The molecule has 12 aliphatic rings. The fraction of sp³-hybridized carbons (Fsp3) is 0.451. The van der Waals surface area contributed by atoms with Gasteiger partial charge in [0, 0.05) is 96.9 Å². The molecule has 2 saturated heterocycles. The molecule has 4 unspecified atom stereocenters. The number of carbonyl (C=O) groups excluding carboxylic acids is 4. The molecule has 1 aromatic heterocycles. The van der Waals surface area contributed by atoms with Crippen molar-refractivity contribution in [1.82, 2.24) is 14.8 Å². The van der Waals surface area contributed by atoms with Crippen LogP contribution in [-0.4, -0.2) is 115 Å². The first-order valence-electron chi connectivity index (χ1n) is 36.2. The zero-order valence-electron chi connectivity index (χ0n) is 57.6. The summed E-state index contributed by atoms with van der Waals surface area (Å²) in [6.45, 7) is 9.17. The minimum atomic E-state index is -0.107. The molecular formula is C82H90N4O10S4. The molecule has 10 heterocycles. The number of pyridine rings is 1. The van der Waals surface area contributed by atoms with Gasteiger partial charge in [0.1, 0.15) is 24.3 Å². The number of rotatable bonds is 10. The first kappa shape index (κ1) is 68.5. The molecule has 0 radical (unpaired) electrons. The summed E-state index contributed by atoms with van der Waals surface area (Å²) in [6, 6.07) is 45.8. The van der Waals surface area contributed by atoms with Gasteiger partial charge < -0.3 is 38.2 Å². The minimum Gasteiger partial charge on any atom is -0.486 e. The number of ether oxygens (including phenoxy) is 6. The Morgan fingerprint density at radius 1 is 0.640 bits per heavy atom. The molecule has 0 bridgehead atoms. The molecule has 100 heavy (non-hydrogen) atoms. The highest BCUT2D eigenvalue weighted by molar-refractivity contribution is 8.22. The quantitative estimate of drug-likeness (QED) is 0.0945. The highest BCUT2D eigenvalue weighted by Gasteiger charge is 2.57. The van der Waals surface area contributed by atoms with Crippen molar-refractivity contribution in [3.63, 3.8) is 0 Å². The minimum absolute atomic E-state index is 0.00847. The zero-order chi connectivity index (χ0) is 68.4. The lowest BCUT2D eigenvalue weighted by atomic mass is 9.71. The van der Waals surface area contributed by atoms with E-state index in [2.05, 4.69) is 89.3 Å². The predicted octanol–water partition coefficient (Wildman–Crippen LogP) is 17.1. The smallest absolute Gasteiger partial charge is 0.338 e. The maximum Gasteiger partial charge on any atom is 0.338 e. The highest BCUT2D eigenvalue weighted by Crippen LogP contribution is 2.64. The Bertz CT molecular complexity index is 4100. The lowest BCUT2D eigenvalue weighted by Gasteiger charge is -2.53. The molecule has 18 heteroatoms. The maximum atomic E-state index is 13.2. The number of cyclic esters (lactones) is 1. The van der Waals surface area contributed by atoms with E-state index in [0.717, 1.165) is 123 Å². The van der Waals surface area contributed by atoms with Crippen molar-refractivity contribution in [2.75, 3.05) is 61.2 Å². The molecule has 3 aliphatic carbocycles. The lowest BCUT2D eigenvalue weighted by molar-refractivity contribution is -0.139. The molecule has 2 saturated carbocycles. The van der Waals surface area contributed by atoms with E-state index < -0.39 is 0 Å². The van der Waals surface area contributed by atoms with Crippen molar-refractivity contribution in [1.29, 1.82) is 0 Å². The third-order valence-electron chi connectivity index (χ3n) is 21.9. The molecule has 522 valence electrons. The molecule has 4 fully saturated rings. The fourth-order valence-electron chi connectivity index (χ4n) is 17.4. The Hall–Kier alpha value is -7.25. The Labute approximate surface area is 605 Å². The molecule has 18 rings (SSSR count). The van der Waals surface area contributed by atoms with Gasteiger partial charge >= 0.3 is 5.97 Å². The van der Waals surface area contributed by atoms with Crippen LogP contribution in [0.25, 0.3) is 6.08 Å². The second-order valence-corrected chi connectivity index (χ2v) is 35.0. The van der Waals surface area contributed by atoms with E-state index in [4.69, 9.17) is 28.4 Å². The summed E-state index contributed by atoms with van der Waals surface area (Å²) in [5.74, 6) is 9.59. The number of thioether (sulfide) groups is 4. The molecule has 9 aliphatic heterocycles. The Balaban J connectivity index is 0.000000108. The first-order chi connectivity index (χ1) is 48.8.